The van der Waals surface area contributed by atoms with Crippen LogP contribution in [-0.4, -0.2) is 35.0 Å². The zero-order valence-corrected chi connectivity index (χ0v) is 15.7. The van der Waals surface area contributed by atoms with E-state index in [0.717, 1.165) is 36.5 Å². The minimum absolute atomic E-state index is 0.0541. The molecule has 4 heteroatoms. The van der Waals surface area contributed by atoms with Gasteiger partial charge in [0, 0.05) is 24.5 Å². The molecule has 0 aliphatic carbocycles. The first-order valence-electron chi connectivity index (χ1n) is 9.09. The van der Waals surface area contributed by atoms with E-state index >= 15 is 0 Å². The Balaban J connectivity index is 1.89. The van der Waals surface area contributed by atoms with Crippen molar-refractivity contribution in [1.82, 2.24) is 9.47 Å². The molecular formula is C21H29N3O. The molecule has 1 aromatic heterocycles. The van der Waals surface area contributed by atoms with Crippen LogP contribution in [0, 0.1) is 19.3 Å². The molecule has 0 bridgehead atoms. The summed E-state index contributed by atoms with van der Waals surface area (Å²) < 4.78 is 2.26. The number of nitrogens with two attached hydrogens (primary N) is 1. The SMILES string of the molecule is Cc1cc(C(=O)N2CCC(C)(CN)C2)c(C)n1C(C)c1ccccc1. The number of aryl methyl sites for hydroxylation is 1. The predicted octanol–water partition coefficient (Wildman–Crippen LogP) is 3.53. The summed E-state index contributed by atoms with van der Waals surface area (Å²) in [6.45, 7) is 10.7. The van der Waals surface area contributed by atoms with Gasteiger partial charge in [0.2, 0.25) is 0 Å². The Morgan fingerprint density at radius 2 is 1.96 bits per heavy atom. The van der Waals surface area contributed by atoms with Crippen molar-refractivity contribution in [2.24, 2.45) is 11.1 Å². The predicted molar refractivity (Wildman–Crippen MR) is 102 cm³/mol. The van der Waals surface area contributed by atoms with Crippen molar-refractivity contribution in [3.8, 4) is 0 Å². The van der Waals surface area contributed by atoms with E-state index in [-0.39, 0.29) is 17.4 Å². The first kappa shape index (κ1) is 17.7. The Morgan fingerprint density at radius 3 is 2.56 bits per heavy atom. The lowest BCUT2D eigenvalue weighted by molar-refractivity contribution is 0.0776. The molecule has 0 spiro atoms. The monoisotopic (exact) mass is 339 g/mol. The van der Waals surface area contributed by atoms with Crippen LogP contribution < -0.4 is 5.73 Å². The highest BCUT2D eigenvalue weighted by Crippen LogP contribution is 2.31. The highest BCUT2D eigenvalue weighted by atomic mass is 16.2. The zero-order valence-electron chi connectivity index (χ0n) is 15.7. The number of benzene rings is 1. The fraction of sp³-hybridized carbons (Fsp3) is 0.476. The summed E-state index contributed by atoms with van der Waals surface area (Å²) >= 11 is 0. The molecular weight excluding hydrogens is 310 g/mol. The minimum Gasteiger partial charge on any atom is -0.341 e. The lowest BCUT2D eigenvalue weighted by Crippen LogP contribution is -2.34. The quantitative estimate of drug-likeness (QED) is 0.926. The van der Waals surface area contributed by atoms with Crippen molar-refractivity contribution in [2.75, 3.05) is 19.6 Å². The summed E-state index contributed by atoms with van der Waals surface area (Å²) in [7, 11) is 0. The van der Waals surface area contributed by atoms with Gasteiger partial charge >= 0.3 is 0 Å². The third kappa shape index (κ3) is 3.23. The van der Waals surface area contributed by atoms with Gasteiger partial charge in [-0.2, -0.15) is 0 Å². The van der Waals surface area contributed by atoms with Gasteiger partial charge in [0.15, 0.2) is 0 Å². The molecule has 2 heterocycles. The molecule has 25 heavy (non-hydrogen) atoms. The maximum atomic E-state index is 13.1. The number of carbonyl (C=O) groups is 1. The van der Waals surface area contributed by atoms with E-state index in [2.05, 4.69) is 56.5 Å². The number of nitrogens with zero attached hydrogens (tertiary/aromatic N) is 2. The fourth-order valence-corrected chi connectivity index (χ4v) is 4.00. The van der Waals surface area contributed by atoms with E-state index in [1.54, 1.807) is 0 Å². The van der Waals surface area contributed by atoms with Crippen LogP contribution in [0.4, 0.5) is 0 Å². The van der Waals surface area contributed by atoms with Crippen molar-refractivity contribution in [3.63, 3.8) is 0 Å². The van der Waals surface area contributed by atoms with Crippen molar-refractivity contribution >= 4 is 5.91 Å². The molecule has 4 nitrogen and oxygen atoms in total. The van der Waals surface area contributed by atoms with E-state index in [9.17, 15) is 4.79 Å². The summed E-state index contributed by atoms with van der Waals surface area (Å²) in [6, 6.07) is 12.7. The first-order chi connectivity index (χ1) is 11.9. The highest BCUT2D eigenvalue weighted by Gasteiger charge is 2.36. The summed E-state index contributed by atoms with van der Waals surface area (Å²) in [5.74, 6) is 0.136. The van der Waals surface area contributed by atoms with E-state index < -0.39 is 0 Å². The normalized spacial score (nSPS) is 21.6. The van der Waals surface area contributed by atoms with Gasteiger partial charge in [0.25, 0.3) is 5.91 Å². The number of amides is 1. The maximum Gasteiger partial charge on any atom is 0.255 e. The van der Waals surface area contributed by atoms with E-state index in [1.165, 1.54) is 5.56 Å². The van der Waals surface area contributed by atoms with Gasteiger partial charge in [0.1, 0.15) is 0 Å². The lowest BCUT2D eigenvalue weighted by Gasteiger charge is -2.23. The van der Waals surface area contributed by atoms with Gasteiger partial charge < -0.3 is 15.2 Å². The molecule has 2 unspecified atom stereocenters. The van der Waals surface area contributed by atoms with E-state index in [0.29, 0.717) is 6.54 Å². The molecule has 1 aromatic carbocycles. The molecule has 2 N–H and O–H groups in total. The molecule has 3 rings (SSSR count). The minimum atomic E-state index is 0.0541. The van der Waals surface area contributed by atoms with Crippen molar-refractivity contribution in [3.05, 3.63) is 58.9 Å². The zero-order chi connectivity index (χ0) is 18.2. The Hall–Kier alpha value is -2.07. The highest BCUT2D eigenvalue weighted by molar-refractivity contribution is 5.96. The molecule has 1 aliphatic heterocycles. The van der Waals surface area contributed by atoms with Gasteiger partial charge in [0.05, 0.1) is 11.6 Å². The summed E-state index contributed by atoms with van der Waals surface area (Å²) in [5.41, 5.74) is 10.2. The second-order valence-corrected chi connectivity index (χ2v) is 7.73. The number of hydrogen-bond acceptors (Lipinski definition) is 2. The van der Waals surface area contributed by atoms with Gasteiger partial charge in [-0.25, -0.2) is 0 Å². The van der Waals surface area contributed by atoms with Crippen molar-refractivity contribution < 1.29 is 4.79 Å². The smallest absolute Gasteiger partial charge is 0.255 e. The molecule has 0 saturated carbocycles. The molecule has 2 aromatic rings. The Morgan fingerprint density at radius 1 is 1.28 bits per heavy atom. The van der Waals surface area contributed by atoms with Crippen molar-refractivity contribution in [1.29, 1.82) is 0 Å². The Bertz CT molecular complexity index is 765. The third-order valence-electron chi connectivity index (χ3n) is 5.72. The molecule has 1 saturated heterocycles. The van der Waals surface area contributed by atoms with Crippen LogP contribution in [0.1, 0.15) is 53.6 Å². The topological polar surface area (TPSA) is 51.3 Å². The average molecular weight is 339 g/mol. The first-order valence-corrected chi connectivity index (χ1v) is 9.09. The summed E-state index contributed by atoms with van der Waals surface area (Å²) in [6.07, 6.45) is 0.981. The molecule has 1 aliphatic rings. The van der Waals surface area contributed by atoms with Crippen LogP contribution in [0.15, 0.2) is 36.4 Å². The molecule has 2 atom stereocenters. The lowest BCUT2D eigenvalue weighted by atomic mass is 9.90. The number of likely N-dealkylation sites (tertiary alicyclic amines) is 1. The van der Waals surface area contributed by atoms with Crippen LogP contribution in [0.3, 0.4) is 0 Å². The van der Waals surface area contributed by atoms with Crippen LogP contribution in [0.25, 0.3) is 0 Å². The molecule has 134 valence electrons. The standard InChI is InChI=1S/C21H29N3O/c1-15-12-19(20(25)23-11-10-21(4,13-22)14-23)17(3)24(15)16(2)18-8-6-5-7-9-18/h5-9,12,16H,10-11,13-14,22H2,1-4H3. The molecule has 1 fully saturated rings. The van der Waals surface area contributed by atoms with Gasteiger partial charge in [-0.15, -0.1) is 0 Å². The number of hydrogen-bond donors (Lipinski definition) is 1. The number of aromatic nitrogens is 1. The molecule has 1 amide bonds. The van der Waals surface area contributed by atoms with Crippen LogP contribution in [0.5, 0.6) is 0 Å². The second-order valence-electron chi connectivity index (χ2n) is 7.73. The fourth-order valence-electron chi connectivity index (χ4n) is 4.00. The number of carbonyl (C=O) groups excluding carboxylic acids is 1. The maximum absolute atomic E-state index is 13.1. The van der Waals surface area contributed by atoms with Crippen LogP contribution in [-0.2, 0) is 0 Å². The number of rotatable bonds is 4. The Kier molecular flexibility index (Phi) is 4.74. The van der Waals surface area contributed by atoms with Crippen molar-refractivity contribution in [2.45, 2.75) is 40.2 Å². The van der Waals surface area contributed by atoms with Crippen LogP contribution in [0.2, 0.25) is 0 Å². The Labute approximate surface area is 150 Å². The molecule has 0 radical (unpaired) electrons. The van der Waals surface area contributed by atoms with E-state index in [4.69, 9.17) is 5.73 Å². The van der Waals surface area contributed by atoms with Gasteiger partial charge in [-0.1, -0.05) is 37.3 Å². The van der Waals surface area contributed by atoms with Gasteiger partial charge in [-0.05, 0) is 50.8 Å². The second kappa shape index (κ2) is 6.68. The third-order valence-corrected chi connectivity index (χ3v) is 5.72. The van der Waals surface area contributed by atoms with E-state index in [1.807, 2.05) is 17.0 Å². The average Bonchev–Trinajstić information content (AvgIpc) is 3.15. The largest absolute Gasteiger partial charge is 0.341 e. The summed E-state index contributed by atoms with van der Waals surface area (Å²) in [4.78, 5) is 15.0. The van der Waals surface area contributed by atoms with Gasteiger partial charge in [-0.3, -0.25) is 4.79 Å². The van der Waals surface area contributed by atoms with Crippen LogP contribution >= 0.6 is 0 Å². The summed E-state index contributed by atoms with van der Waals surface area (Å²) in [5, 5.41) is 0.